The van der Waals surface area contributed by atoms with Crippen LogP contribution in [0, 0.1) is 12.3 Å². The van der Waals surface area contributed by atoms with Crippen LogP contribution in [0.1, 0.15) is 35.8 Å². The van der Waals surface area contributed by atoms with Gasteiger partial charge in [-0.05, 0) is 50.9 Å². The molecular formula is C24H27N3O3S. The molecule has 2 atom stereocenters. The summed E-state index contributed by atoms with van der Waals surface area (Å²) in [5.41, 5.74) is 1.99. The highest BCUT2D eigenvalue weighted by Gasteiger charge is 2.50. The quantitative estimate of drug-likeness (QED) is 0.654. The number of nitrogens with zero attached hydrogens (tertiary/aromatic N) is 1. The molecule has 2 unspecified atom stereocenters. The fourth-order valence-corrected chi connectivity index (χ4v) is 6.96. The van der Waals surface area contributed by atoms with Crippen LogP contribution in [0.4, 0.5) is 0 Å². The minimum Gasteiger partial charge on any atom is -0.361 e. The summed E-state index contributed by atoms with van der Waals surface area (Å²) in [7, 11) is -3.85. The Labute approximate surface area is 182 Å². The normalized spacial score (nSPS) is 23.0. The number of likely N-dealkylation sites (tertiary alicyclic amines) is 1. The molecule has 5 rings (SSSR count). The van der Waals surface area contributed by atoms with E-state index in [0.29, 0.717) is 18.7 Å². The number of amides is 1. The van der Waals surface area contributed by atoms with E-state index in [9.17, 15) is 13.2 Å². The first-order chi connectivity index (χ1) is 14.9. The second-order valence-electron chi connectivity index (χ2n) is 8.81. The van der Waals surface area contributed by atoms with Crippen LogP contribution in [0.3, 0.4) is 0 Å². The summed E-state index contributed by atoms with van der Waals surface area (Å²) in [6.07, 6.45) is 4.12. The number of rotatable bonds is 4. The molecule has 6 nitrogen and oxygen atoms in total. The van der Waals surface area contributed by atoms with Gasteiger partial charge in [-0.25, -0.2) is 8.42 Å². The molecule has 0 saturated carbocycles. The van der Waals surface area contributed by atoms with E-state index in [4.69, 9.17) is 0 Å². The Morgan fingerprint density at radius 1 is 1.06 bits per heavy atom. The van der Waals surface area contributed by atoms with Crippen molar-refractivity contribution in [2.75, 3.05) is 19.6 Å². The molecule has 3 heterocycles. The Morgan fingerprint density at radius 3 is 2.58 bits per heavy atom. The molecule has 2 aliphatic rings. The fraction of sp³-hybridized carbons (Fsp3) is 0.375. The summed E-state index contributed by atoms with van der Waals surface area (Å²) in [5.74, 6) is -0.0466. The Morgan fingerprint density at radius 2 is 1.84 bits per heavy atom. The van der Waals surface area contributed by atoms with Crippen molar-refractivity contribution in [1.29, 1.82) is 0 Å². The predicted octanol–water partition coefficient (Wildman–Crippen LogP) is 3.55. The number of aromatic nitrogens is 1. The number of hydrogen-bond donors (Lipinski definition) is 2. The lowest BCUT2D eigenvalue weighted by Crippen LogP contribution is -2.52. The van der Waals surface area contributed by atoms with Crippen molar-refractivity contribution in [3.05, 3.63) is 65.9 Å². The van der Waals surface area contributed by atoms with Crippen LogP contribution in [-0.2, 0) is 14.6 Å². The van der Waals surface area contributed by atoms with E-state index in [0.717, 1.165) is 42.3 Å². The van der Waals surface area contributed by atoms with E-state index in [-0.39, 0.29) is 10.8 Å². The molecule has 2 saturated heterocycles. The Kier molecular flexibility index (Phi) is 4.90. The first kappa shape index (κ1) is 20.3. The standard InChI is InChI=1S/C24H27N3O3S/c1-17-7-9-18(10-8-17)31(29,30)22(20-15-26-21-6-3-2-5-19(20)21)27-14-4-11-24(23(27)28)12-13-25-16-24/h2-3,5-10,15,22,25-26H,4,11-14,16H2,1H3. The number of carbonyl (C=O) groups excluding carboxylic acids is 1. The summed E-state index contributed by atoms with van der Waals surface area (Å²) in [6.45, 7) is 3.78. The average Bonchev–Trinajstić information content (AvgIpc) is 3.40. The maximum absolute atomic E-state index is 14.0. The van der Waals surface area contributed by atoms with E-state index in [1.54, 1.807) is 35.4 Å². The number of H-pyrrole nitrogens is 1. The van der Waals surface area contributed by atoms with Crippen LogP contribution >= 0.6 is 0 Å². The minimum atomic E-state index is -3.85. The third kappa shape index (κ3) is 3.27. The second-order valence-corrected chi connectivity index (χ2v) is 10.8. The van der Waals surface area contributed by atoms with Crippen molar-refractivity contribution in [2.45, 2.75) is 36.5 Å². The monoisotopic (exact) mass is 437 g/mol. The molecule has 162 valence electrons. The van der Waals surface area contributed by atoms with E-state index in [1.165, 1.54) is 0 Å². The number of nitrogens with one attached hydrogen (secondary N) is 2. The van der Waals surface area contributed by atoms with Crippen molar-refractivity contribution in [2.24, 2.45) is 5.41 Å². The van der Waals surface area contributed by atoms with Crippen molar-refractivity contribution in [1.82, 2.24) is 15.2 Å². The van der Waals surface area contributed by atoms with Crippen LogP contribution in [0.15, 0.2) is 59.6 Å². The number of sulfone groups is 1. The summed E-state index contributed by atoms with van der Waals surface area (Å²) < 4.78 is 28.0. The van der Waals surface area contributed by atoms with Gasteiger partial charge in [0.1, 0.15) is 0 Å². The Hall–Kier alpha value is -2.64. The van der Waals surface area contributed by atoms with Crippen molar-refractivity contribution in [3.8, 4) is 0 Å². The maximum Gasteiger partial charge on any atom is 0.231 e. The van der Waals surface area contributed by atoms with Gasteiger partial charge in [0, 0.05) is 35.8 Å². The highest BCUT2D eigenvalue weighted by atomic mass is 32.2. The maximum atomic E-state index is 14.0. The molecule has 1 spiro atoms. The summed E-state index contributed by atoms with van der Waals surface area (Å²) >= 11 is 0. The summed E-state index contributed by atoms with van der Waals surface area (Å²) in [6, 6.07) is 14.6. The van der Waals surface area contributed by atoms with Crippen molar-refractivity contribution >= 4 is 26.6 Å². The van der Waals surface area contributed by atoms with Crippen LogP contribution in [-0.4, -0.2) is 43.8 Å². The molecule has 7 heteroatoms. The molecule has 2 N–H and O–H groups in total. The third-order valence-corrected chi connectivity index (χ3v) is 8.85. The first-order valence-electron chi connectivity index (χ1n) is 10.8. The number of aryl methyl sites for hydroxylation is 1. The SMILES string of the molecule is Cc1ccc(S(=O)(=O)C(c2c[nH]c3ccccc23)N2CCCC3(CCNC3)C2=O)cc1. The molecule has 31 heavy (non-hydrogen) atoms. The zero-order valence-corrected chi connectivity index (χ0v) is 18.4. The van der Waals surface area contributed by atoms with Gasteiger partial charge in [-0.1, -0.05) is 35.9 Å². The minimum absolute atomic E-state index is 0.0466. The van der Waals surface area contributed by atoms with Gasteiger partial charge in [-0.3, -0.25) is 4.79 Å². The van der Waals surface area contributed by atoms with Gasteiger partial charge >= 0.3 is 0 Å². The number of piperidine rings is 1. The molecule has 2 aromatic carbocycles. The van der Waals surface area contributed by atoms with Gasteiger partial charge in [-0.15, -0.1) is 0 Å². The molecule has 3 aromatic rings. The van der Waals surface area contributed by atoms with E-state index < -0.39 is 20.6 Å². The first-order valence-corrected chi connectivity index (χ1v) is 12.4. The topological polar surface area (TPSA) is 82.3 Å². The lowest BCUT2D eigenvalue weighted by Gasteiger charge is -2.42. The van der Waals surface area contributed by atoms with Crippen molar-refractivity contribution in [3.63, 3.8) is 0 Å². The second kappa shape index (κ2) is 7.50. The molecular weight excluding hydrogens is 410 g/mol. The fourth-order valence-electron chi connectivity index (χ4n) is 5.12. The highest BCUT2D eigenvalue weighted by molar-refractivity contribution is 7.91. The molecule has 2 aliphatic heterocycles. The molecule has 2 fully saturated rings. The molecule has 1 aromatic heterocycles. The van der Waals surface area contributed by atoms with Crippen LogP contribution in [0.5, 0.6) is 0 Å². The molecule has 0 aliphatic carbocycles. The number of para-hydroxylation sites is 1. The number of aromatic amines is 1. The number of carbonyl (C=O) groups is 1. The van der Waals surface area contributed by atoms with Gasteiger partial charge in [0.25, 0.3) is 0 Å². The molecule has 0 bridgehead atoms. The molecule has 1 amide bonds. The van der Waals surface area contributed by atoms with Gasteiger partial charge in [-0.2, -0.15) is 0 Å². The van der Waals surface area contributed by atoms with Crippen LogP contribution in [0.2, 0.25) is 0 Å². The lowest BCUT2D eigenvalue weighted by atomic mass is 9.78. The van der Waals surface area contributed by atoms with Gasteiger partial charge in [0.15, 0.2) is 5.37 Å². The van der Waals surface area contributed by atoms with E-state index in [2.05, 4.69) is 10.3 Å². The largest absolute Gasteiger partial charge is 0.361 e. The summed E-state index contributed by atoms with van der Waals surface area (Å²) in [4.78, 5) is 18.8. The van der Waals surface area contributed by atoms with E-state index >= 15 is 0 Å². The average molecular weight is 438 g/mol. The third-order valence-electron chi connectivity index (χ3n) is 6.83. The number of hydrogen-bond acceptors (Lipinski definition) is 4. The van der Waals surface area contributed by atoms with Gasteiger partial charge in [0.05, 0.1) is 10.3 Å². The van der Waals surface area contributed by atoms with E-state index in [1.807, 2.05) is 31.2 Å². The molecule has 0 radical (unpaired) electrons. The number of fused-ring (bicyclic) bond motifs is 1. The zero-order chi connectivity index (χ0) is 21.6. The van der Waals surface area contributed by atoms with Gasteiger partial charge in [0.2, 0.25) is 15.7 Å². The lowest BCUT2D eigenvalue weighted by molar-refractivity contribution is -0.146. The smallest absolute Gasteiger partial charge is 0.231 e. The van der Waals surface area contributed by atoms with Crippen LogP contribution < -0.4 is 5.32 Å². The zero-order valence-electron chi connectivity index (χ0n) is 17.6. The number of benzene rings is 2. The summed E-state index contributed by atoms with van der Waals surface area (Å²) in [5, 5.41) is 3.09. The Bertz CT molecular complexity index is 1220. The predicted molar refractivity (Wildman–Crippen MR) is 120 cm³/mol. The van der Waals surface area contributed by atoms with Crippen molar-refractivity contribution < 1.29 is 13.2 Å². The Balaban J connectivity index is 1.68. The highest BCUT2D eigenvalue weighted by Crippen LogP contribution is 2.44. The van der Waals surface area contributed by atoms with Crippen LogP contribution in [0.25, 0.3) is 10.9 Å². The van der Waals surface area contributed by atoms with Gasteiger partial charge < -0.3 is 15.2 Å².